The highest BCUT2D eigenvalue weighted by Crippen LogP contribution is 2.00. The maximum Gasteiger partial charge on any atom is 0.426 e. The van der Waals surface area contributed by atoms with Gasteiger partial charge in [-0.3, -0.25) is 0 Å². The molecule has 0 radical (unpaired) electrons. The van der Waals surface area contributed by atoms with E-state index < -0.39 is 17.1 Å². The van der Waals surface area contributed by atoms with Crippen LogP contribution in [0, 0.1) is 0 Å². The summed E-state index contributed by atoms with van der Waals surface area (Å²) in [5.41, 5.74) is -1.74. The van der Waals surface area contributed by atoms with Gasteiger partial charge in [-0.1, -0.05) is 28.1 Å². The number of rotatable bonds is 9. The maximum absolute atomic E-state index is 12.1. The van der Waals surface area contributed by atoms with E-state index in [0.29, 0.717) is 35.1 Å². The molecule has 0 unspecified atom stereocenters. The fourth-order valence-corrected chi connectivity index (χ4v) is 1.75. The molecule has 0 amide bonds. The van der Waals surface area contributed by atoms with Crippen LogP contribution in [-0.4, -0.2) is 34.0 Å². The van der Waals surface area contributed by atoms with Crippen molar-refractivity contribution in [3.05, 3.63) is 26.7 Å². The Bertz CT molecular complexity index is 890. The van der Waals surface area contributed by atoms with Crippen LogP contribution in [0.5, 0.6) is 0 Å². The summed E-state index contributed by atoms with van der Waals surface area (Å²) in [6.07, 6.45) is 6.13. The number of aromatic nitrogens is 2. The molecule has 0 aliphatic carbocycles. The van der Waals surface area contributed by atoms with Crippen LogP contribution in [0.3, 0.4) is 0 Å². The Morgan fingerprint density at radius 3 is 2.38 bits per heavy atom. The first-order valence-electron chi connectivity index (χ1n) is 6.75. The van der Waals surface area contributed by atoms with Crippen molar-refractivity contribution in [2.75, 3.05) is 6.54 Å². The number of isocyanates is 3. The molecule has 1 rings (SSSR count). The second-order valence-corrected chi connectivity index (χ2v) is 4.27. The first kappa shape index (κ1) is 18.6. The molecule has 1 aromatic rings. The number of hydrogen-bond acceptors (Lipinski definition) is 10. The van der Waals surface area contributed by atoms with Gasteiger partial charge in [0, 0.05) is 6.54 Å². The topological polar surface area (TPSA) is 158 Å². The lowest BCUT2D eigenvalue weighted by atomic mass is 10.2. The summed E-state index contributed by atoms with van der Waals surface area (Å²) in [4.78, 5) is 57.5. The van der Waals surface area contributed by atoms with E-state index in [9.17, 15) is 24.0 Å². The van der Waals surface area contributed by atoms with Gasteiger partial charge in [-0.2, -0.15) is 0 Å². The Hall–Kier alpha value is -3.45. The SMILES string of the molecule is O=C=NCCCCCCn1c(=O)o/c(=N/N=C=O)n(N=C=O)c1=O. The maximum atomic E-state index is 12.1. The van der Waals surface area contributed by atoms with Gasteiger partial charge in [0.15, 0.2) is 0 Å². The minimum atomic E-state index is -1.04. The molecule has 0 aliphatic heterocycles. The third kappa shape index (κ3) is 5.39. The van der Waals surface area contributed by atoms with Crippen molar-refractivity contribution in [3.8, 4) is 0 Å². The summed E-state index contributed by atoms with van der Waals surface area (Å²) in [7, 11) is 0. The summed E-state index contributed by atoms with van der Waals surface area (Å²) in [6.45, 7) is 0.386. The molecule has 0 aliphatic rings. The number of hydrogen-bond donors (Lipinski definition) is 0. The van der Waals surface area contributed by atoms with Gasteiger partial charge >= 0.3 is 17.1 Å². The number of aliphatic imine (C=N–C) groups is 1. The average molecular weight is 336 g/mol. The zero-order chi connectivity index (χ0) is 17.8. The highest BCUT2D eigenvalue weighted by molar-refractivity contribution is 5.33. The highest BCUT2D eigenvalue weighted by Gasteiger charge is 2.10. The molecular formula is C12H12N6O6. The van der Waals surface area contributed by atoms with E-state index in [2.05, 4.69) is 24.7 Å². The minimum absolute atomic E-state index is 0.0176. The quantitative estimate of drug-likeness (QED) is 0.237. The van der Waals surface area contributed by atoms with Gasteiger partial charge in [0.1, 0.15) is 0 Å². The van der Waals surface area contributed by atoms with Crippen molar-refractivity contribution in [2.45, 2.75) is 32.2 Å². The molecule has 0 aromatic carbocycles. The van der Waals surface area contributed by atoms with Crippen LogP contribution in [0.4, 0.5) is 0 Å². The van der Waals surface area contributed by atoms with Gasteiger partial charge in [0.2, 0.25) is 6.08 Å². The van der Waals surface area contributed by atoms with E-state index >= 15 is 0 Å². The second kappa shape index (κ2) is 10.3. The zero-order valence-electron chi connectivity index (χ0n) is 12.4. The lowest BCUT2D eigenvalue weighted by molar-refractivity contribution is 0.315. The van der Waals surface area contributed by atoms with Gasteiger partial charge < -0.3 is 4.42 Å². The van der Waals surface area contributed by atoms with Gasteiger partial charge in [0.25, 0.3) is 12.2 Å². The van der Waals surface area contributed by atoms with E-state index in [-0.39, 0.29) is 6.54 Å². The van der Waals surface area contributed by atoms with E-state index in [4.69, 9.17) is 0 Å². The lowest BCUT2D eigenvalue weighted by Crippen LogP contribution is -2.45. The summed E-state index contributed by atoms with van der Waals surface area (Å²) in [5, 5.41) is 8.97. The van der Waals surface area contributed by atoms with Crippen LogP contribution < -0.4 is 17.1 Å². The van der Waals surface area contributed by atoms with E-state index in [1.54, 1.807) is 0 Å². The molecule has 0 fully saturated rings. The average Bonchev–Trinajstić information content (AvgIpc) is 2.57. The number of nitrogens with zero attached hydrogens (tertiary/aromatic N) is 6. The van der Waals surface area contributed by atoms with Gasteiger partial charge in [0.05, 0.1) is 6.54 Å². The lowest BCUT2D eigenvalue weighted by Gasteiger charge is -2.04. The molecule has 0 saturated carbocycles. The Morgan fingerprint density at radius 1 is 0.958 bits per heavy atom. The first-order valence-corrected chi connectivity index (χ1v) is 6.75. The zero-order valence-corrected chi connectivity index (χ0v) is 12.4. The fraction of sp³-hybridized carbons (Fsp3) is 0.500. The van der Waals surface area contributed by atoms with Crippen molar-refractivity contribution >= 4 is 18.2 Å². The Morgan fingerprint density at radius 2 is 1.71 bits per heavy atom. The molecular weight excluding hydrogens is 324 g/mol. The summed E-state index contributed by atoms with van der Waals surface area (Å²) in [6, 6.07) is 0. The monoisotopic (exact) mass is 336 g/mol. The minimum Gasteiger partial charge on any atom is -0.372 e. The molecule has 24 heavy (non-hydrogen) atoms. The molecule has 0 bridgehead atoms. The van der Waals surface area contributed by atoms with Crippen LogP contribution in [0.25, 0.3) is 0 Å². The molecule has 1 aromatic heterocycles. The van der Waals surface area contributed by atoms with Crippen LogP contribution in [0.15, 0.2) is 34.3 Å². The van der Waals surface area contributed by atoms with Gasteiger partial charge in [-0.05, 0) is 12.8 Å². The van der Waals surface area contributed by atoms with E-state index in [0.717, 1.165) is 18.6 Å². The molecule has 12 nitrogen and oxygen atoms in total. The largest absolute Gasteiger partial charge is 0.426 e. The van der Waals surface area contributed by atoms with E-state index in [1.165, 1.54) is 6.08 Å². The van der Waals surface area contributed by atoms with Crippen molar-refractivity contribution in [1.29, 1.82) is 0 Å². The molecule has 126 valence electrons. The number of unbranched alkanes of at least 4 members (excludes halogenated alkanes) is 3. The van der Waals surface area contributed by atoms with Crippen molar-refractivity contribution in [3.63, 3.8) is 0 Å². The van der Waals surface area contributed by atoms with Crippen molar-refractivity contribution in [1.82, 2.24) is 9.24 Å². The van der Waals surface area contributed by atoms with E-state index in [1.807, 2.05) is 0 Å². The second-order valence-electron chi connectivity index (χ2n) is 4.27. The predicted molar refractivity (Wildman–Crippen MR) is 75.9 cm³/mol. The molecule has 0 N–H and O–H groups in total. The van der Waals surface area contributed by atoms with Gasteiger partial charge in [-0.25, -0.2) is 33.5 Å². The summed E-state index contributed by atoms with van der Waals surface area (Å²) in [5.74, 6) is -1.04. The molecule has 1 heterocycles. The summed E-state index contributed by atoms with van der Waals surface area (Å²) < 4.78 is 5.76. The van der Waals surface area contributed by atoms with Crippen LogP contribution >= 0.6 is 0 Å². The third-order valence-corrected chi connectivity index (χ3v) is 2.78. The Balaban J connectivity index is 2.97. The molecule has 12 heteroatoms. The molecule has 0 saturated heterocycles. The summed E-state index contributed by atoms with van der Waals surface area (Å²) >= 11 is 0. The number of carbonyl (C=O) groups excluding carboxylic acids is 3. The predicted octanol–water partition coefficient (Wildman–Crippen LogP) is -1.25. The van der Waals surface area contributed by atoms with Crippen LogP contribution in [-0.2, 0) is 20.9 Å². The Kier molecular flexibility index (Phi) is 7.99. The standard InChI is InChI=1S/C12H12N6O6/c19-7-13-5-3-1-2-4-6-17-11(22)18(15-9-21)10(16-14-8-20)24-12(17)23/h1-6H2/b16-10+. The van der Waals surface area contributed by atoms with Crippen molar-refractivity contribution in [2.24, 2.45) is 20.3 Å². The third-order valence-electron chi connectivity index (χ3n) is 2.78. The fourth-order valence-electron chi connectivity index (χ4n) is 1.75. The molecule has 0 spiro atoms. The first-order chi connectivity index (χ1) is 11.7. The van der Waals surface area contributed by atoms with Crippen LogP contribution in [0.1, 0.15) is 25.7 Å². The van der Waals surface area contributed by atoms with Crippen molar-refractivity contribution < 1.29 is 18.8 Å². The van der Waals surface area contributed by atoms with Crippen LogP contribution in [0.2, 0.25) is 0 Å². The molecule has 0 atom stereocenters. The van der Waals surface area contributed by atoms with Gasteiger partial charge in [-0.15, -0.1) is 4.68 Å². The Labute approximate surface area is 133 Å². The normalized spacial score (nSPS) is 10.4. The smallest absolute Gasteiger partial charge is 0.372 e. The highest BCUT2D eigenvalue weighted by atomic mass is 16.4.